The molecule has 3 aliphatic rings. The van der Waals surface area contributed by atoms with E-state index in [4.69, 9.17) is 0 Å². The van der Waals surface area contributed by atoms with Crippen molar-refractivity contribution in [1.29, 1.82) is 0 Å². The molecule has 0 amide bonds. The smallest absolute Gasteiger partial charge is 0.279 e. The molecule has 20 heavy (non-hydrogen) atoms. The number of hydrogen-bond acceptors (Lipinski definition) is 3. The van der Waals surface area contributed by atoms with Gasteiger partial charge in [-0.05, 0) is 38.5 Å². The van der Waals surface area contributed by atoms with Crippen LogP contribution >= 0.6 is 0 Å². The van der Waals surface area contributed by atoms with Crippen LogP contribution in [-0.4, -0.2) is 37.1 Å². The van der Waals surface area contributed by atoms with E-state index < -0.39 is 10.2 Å². The van der Waals surface area contributed by atoms with Crippen molar-refractivity contribution < 1.29 is 13.2 Å². The lowest BCUT2D eigenvalue weighted by Gasteiger charge is -2.40. The van der Waals surface area contributed by atoms with Crippen molar-refractivity contribution in [1.82, 2.24) is 9.03 Å². The van der Waals surface area contributed by atoms with E-state index in [9.17, 15) is 13.2 Å². The number of carbonyl (C=O) groups is 1. The van der Waals surface area contributed by atoms with Gasteiger partial charge in [-0.1, -0.05) is 12.8 Å². The van der Waals surface area contributed by atoms with Gasteiger partial charge in [0.2, 0.25) is 0 Å². The van der Waals surface area contributed by atoms with Crippen molar-refractivity contribution in [3.63, 3.8) is 0 Å². The third-order valence-electron chi connectivity index (χ3n) is 4.77. The number of Topliss-reactive ketones (excluding diaryl/α,β-unsaturated/α-hetero) is 1. The molecule has 1 N–H and O–H groups in total. The number of rotatable bonds is 4. The zero-order chi connectivity index (χ0) is 14.2. The van der Waals surface area contributed by atoms with E-state index in [1.54, 1.807) is 4.31 Å². The summed E-state index contributed by atoms with van der Waals surface area (Å²) in [5.74, 6) is 0.203. The highest BCUT2D eigenvalue weighted by Gasteiger charge is 2.42. The van der Waals surface area contributed by atoms with E-state index in [1.165, 1.54) is 0 Å². The molecule has 2 aliphatic carbocycles. The maximum atomic E-state index is 12.5. The van der Waals surface area contributed by atoms with Gasteiger partial charge in [-0.2, -0.15) is 17.4 Å². The largest absolute Gasteiger partial charge is 0.299 e. The van der Waals surface area contributed by atoms with Crippen molar-refractivity contribution in [2.45, 2.75) is 69.9 Å². The first-order chi connectivity index (χ1) is 9.58. The van der Waals surface area contributed by atoms with Crippen LogP contribution in [0.1, 0.15) is 57.8 Å². The Bertz CT molecular complexity index is 473. The minimum atomic E-state index is -3.41. The third-order valence-corrected chi connectivity index (χ3v) is 6.47. The van der Waals surface area contributed by atoms with Crippen LogP contribution in [0.2, 0.25) is 0 Å². The summed E-state index contributed by atoms with van der Waals surface area (Å²) in [7, 11) is -3.41. The molecule has 2 saturated carbocycles. The molecule has 0 radical (unpaired) electrons. The predicted octanol–water partition coefficient (Wildman–Crippen LogP) is 1.60. The Balaban J connectivity index is 1.77. The molecule has 114 valence electrons. The Kier molecular flexibility index (Phi) is 4.15. The highest BCUT2D eigenvalue weighted by Crippen LogP contribution is 2.33. The number of nitrogens with one attached hydrogen (secondary N) is 1. The van der Waals surface area contributed by atoms with Crippen LogP contribution in [-0.2, 0) is 15.0 Å². The first-order valence-electron chi connectivity index (χ1n) is 7.90. The van der Waals surface area contributed by atoms with Gasteiger partial charge in [0.05, 0.1) is 0 Å². The molecule has 1 aliphatic heterocycles. The molecule has 3 fully saturated rings. The number of carbonyl (C=O) groups excluding carboxylic acids is 1. The standard InChI is InChI=1S/C14H24N2O3S/c17-14-7-2-1-5-12(14)13-6-3-4-10-16(13)20(18,19)15-11-8-9-11/h11-13,15H,1-10H2. The van der Waals surface area contributed by atoms with Crippen molar-refractivity contribution in [2.75, 3.05) is 6.54 Å². The Hall–Kier alpha value is -0.460. The summed E-state index contributed by atoms with van der Waals surface area (Å²) < 4.78 is 29.4. The van der Waals surface area contributed by atoms with Crippen LogP contribution in [0.4, 0.5) is 0 Å². The number of ketones is 1. The molecule has 5 nitrogen and oxygen atoms in total. The zero-order valence-electron chi connectivity index (χ0n) is 11.9. The van der Waals surface area contributed by atoms with Gasteiger partial charge in [0, 0.05) is 31.0 Å². The lowest BCUT2D eigenvalue weighted by Crippen LogP contribution is -2.53. The fourth-order valence-corrected chi connectivity index (χ4v) is 5.30. The first kappa shape index (κ1) is 14.5. The summed E-state index contributed by atoms with van der Waals surface area (Å²) in [6.07, 6.45) is 8.17. The maximum absolute atomic E-state index is 12.5. The van der Waals surface area contributed by atoms with Gasteiger partial charge in [0.15, 0.2) is 0 Å². The molecule has 0 spiro atoms. The molecule has 1 heterocycles. The predicted molar refractivity (Wildman–Crippen MR) is 76.4 cm³/mol. The Labute approximate surface area is 121 Å². The van der Waals surface area contributed by atoms with Gasteiger partial charge in [-0.15, -0.1) is 0 Å². The summed E-state index contributed by atoms with van der Waals surface area (Å²) in [6, 6.07) is 0.0254. The van der Waals surface area contributed by atoms with Crippen molar-refractivity contribution >= 4 is 16.0 Å². The summed E-state index contributed by atoms with van der Waals surface area (Å²) in [5.41, 5.74) is 0. The van der Waals surface area contributed by atoms with E-state index in [-0.39, 0.29) is 23.8 Å². The molecule has 6 heteroatoms. The minimum Gasteiger partial charge on any atom is -0.299 e. The van der Waals surface area contributed by atoms with Crippen LogP contribution in [0.5, 0.6) is 0 Å². The number of nitrogens with zero attached hydrogens (tertiary/aromatic N) is 1. The second-order valence-corrected chi connectivity index (χ2v) is 8.04. The zero-order valence-corrected chi connectivity index (χ0v) is 12.7. The summed E-state index contributed by atoms with van der Waals surface area (Å²) in [4.78, 5) is 12.2. The maximum Gasteiger partial charge on any atom is 0.279 e. The van der Waals surface area contributed by atoms with E-state index in [0.29, 0.717) is 13.0 Å². The minimum absolute atomic E-state index is 0.0696. The van der Waals surface area contributed by atoms with Gasteiger partial charge in [-0.3, -0.25) is 4.79 Å². The second-order valence-electron chi connectivity index (χ2n) is 6.39. The molecular formula is C14H24N2O3S. The first-order valence-corrected chi connectivity index (χ1v) is 9.34. The van der Waals surface area contributed by atoms with Gasteiger partial charge < -0.3 is 0 Å². The van der Waals surface area contributed by atoms with Crippen molar-refractivity contribution in [3.05, 3.63) is 0 Å². The Morgan fingerprint density at radius 2 is 1.75 bits per heavy atom. The molecule has 2 atom stereocenters. The molecule has 0 aromatic carbocycles. The third kappa shape index (κ3) is 3.07. The van der Waals surface area contributed by atoms with Crippen molar-refractivity contribution in [3.8, 4) is 0 Å². The SMILES string of the molecule is O=C1CCCCC1C1CCCCN1S(=O)(=O)NC1CC1. The fraction of sp³-hybridized carbons (Fsp3) is 0.929. The molecule has 2 unspecified atom stereocenters. The van der Waals surface area contributed by atoms with E-state index >= 15 is 0 Å². The highest BCUT2D eigenvalue weighted by molar-refractivity contribution is 7.87. The van der Waals surface area contributed by atoms with E-state index in [0.717, 1.165) is 51.4 Å². The van der Waals surface area contributed by atoms with E-state index in [2.05, 4.69) is 4.72 Å². The highest BCUT2D eigenvalue weighted by atomic mass is 32.2. The van der Waals surface area contributed by atoms with Gasteiger partial charge in [-0.25, -0.2) is 0 Å². The Morgan fingerprint density at radius 1 is 1.00 bits per heavy atom. The summed E-state index contributed by atoms with van der Waals surface area (Å²) in [6.45, 7) is 0.566. The summed E-state index contributed by atoms with van der Waals surface area (Å²) >= 11 is 0. The monoisotopic (exact) mass is 300 g/mol. The van der Waals surface area contributed by atoms with Crippen LogP contribution < -0.4 is 4.72 Å². The Morgan fingerprint density at radius 3 is 2.45 bits per heavy atom. The molecule has 0 bridgehead atoms. The molecule has 3 rings (SSSR count). The molecular weight excluding hydrogens is 276 g/mol. The fourth-order valence-electron chi connectivity index (χ4n) is 3.53. The normalized spacial score (nSPS) is 33.3. The van der Waals surface area contributed by atoms with Crippen LogP contribution in [0.3, 0.4) is 0 Å². The quantitative estimate of drug-likeness (QED) is 0.857. The van der Waals surface area contributed by atoms with Crippen molar-refractivity contribution in [2.24, 2.45) is 5.92 Å². The van der Waals surface area contributed by atoms with Gasteiger partial charge in [0.1, 0.15) is 5.78 Å². The second kappa shape index (κ2) is 5.73. The van der Waals surface area contributed by atoms with Gasteiger partial charge >= 0.3 is 0 Å². The number of piperidine rings is 1. The average Bonchev–Trinajstić information content (AvgIpc) is 3.23. The molecule has 0 aromatic rings. The average molecular weight is 300 g/mol. The number of hydrogen-bond donors (Lipinski definition) is 1. The van der Waals surface area contributed by atoms with Crippen LogP contribution in [0, 0.1) is 5.92 Å². The summed E-state index contributed by atoms with van der Waals surface area (Å²) in [5, 5.41) is 0. The van der Waals surface area contributed by atoms with Gasteiger partial charge in [0.25, 0.3) is 10.2 Å². The lowest BCUT2D eigenvalue weighted by molar-refractivity contribution is -0.126. The molecule has 1 saturated heterocycles. The lowest BCUT2D eigenvalue weighted by atomic mass is 9.80. The topological polar surface area (TPSA) is 66.5 Å². The van der Waals surface area contributed by atoms with Crippen LogP contribution in [0.15, 0.2) is 0 Å². The molecule has 0 aromatic heterocycles. The van der Waals surface area contributed by atoms with E-state index in [1.807, 2.05) is 0 Å². The van der Waals surface area contributed by atoms with Crippen LogP contribution in [0.25, 0.3) is 0 Å².